The Morgan fingerprint density at radius 2 is 2.12 bits per heavy atom. The molecule has 3 aromatic heterocycles. The molecule has 0 atom stereocenters. The van der Waals surface area contributed by atoms with Gasteiger partial charge in [-0.05, 0) is 51.4 Å². The average molecular weight is 364 g/mol. The quantitative estimate of drug-likeness (QED) is 0.710. The minimum Gasteiger partial charge on any atom is -0.464 e. The molecule has 3 aromatic rings. The summed E-state index contributed by atoms with van der Waals surface area (Å²) in [6, 6.07) is 3.61. The van der Waals surface area contributed by atoms with Crippen LogP contribution in [-0.4, -0.2) is 31.6 Å². The molecule has 3 rings (SSSR count). The van der Waals surface area contributed by atoms with Gasteiger partial charge in [-0.15, -0.1) is 0 Å². The van der Waals surface area contributed by atoms with Crippen LogP contribution in [0.3, 0.4) is 0 Å². The van der Waals surface area contributed by atoms with Gasteiger partial charge in [0.05, 0.1) is 12.9 Å². The lowest BCUT2D eigenvalue weighted by Crippen LogP contribution is -2.37. The van der Waals surface area contributed by atoms with Crippen molar-refractivity contribution in [1.82, 2.24) is 19.9 Å². The summed E-state index contributed by atoms with van der Waals surface area (Å²) >= 11 is 5.99. The number of nitrogens with one attached hydrogen (secondary N) is 1. The van der Waals surface area contributed by atoms with E-state index in [2.05, 4.69) is 19.9 Å². The first-order valence-electron chi connectivity index (χ1n) is 7.65. The molecule has 0 saturated heterocycles. The van der Waals surface area contributed by atoms with Crippen molar-refractivity contribution in [2.75, 3.05) is 4.90 Å². The fraction of sp³-hybridized carbons (Fsp3) is 0.375. The predicted octanol–water partition coefficient (Wildman–Crippen LogP) is 3.85. The van der Waals surface area contributed by atoms with Crippen LogP contribution >= 0.6 is 11.6 Å². The number of hydrogen-bond donors (Lipinski definition) is 1. The predicted molar refractivity (Wildman–Crippen MR) is 92.6 cm³/mol. The van der Waals surface area contributed by atoms with Crippen molar-refractivity contribution in [3.05, 3.63) is 35.3 Å². The first-order chi connectivity index (χ1) is 11.7. The maximum absolute atomic E-state index is 12.8. The maximum Gasteiger partial charge on any atom is 0.416 e. The number of halogens is 1. The molecule has 0 aliphatic rings. The summed E-state index contributed by atoms with van der Waals surface area (Å²) in [5.41, 5.74) is 0.177. The van der Waals surface area contributed by atoms with Crippen molar-refractivity contribution in [1.29, 1.82) is 0 Å². The van der Waals surface area contributed by atoms with Gasteiger partial charge in [-0.25, -0.2) is 9.78 Å². The van der Waals surface area contributed by atoms with Crippen LogP contribution in [0, 0.1) is 6.92 Å². The molecule has 0 aliphatic carbocycles. The number of aryl methyl sites for hydroxylation is 1. The third-order valence-electron chi connectivity index (χ3n) is 3.22. The van der Waals surface area contributed by atoms with Crippen molar-refractivity contribution < 1.29 is 13.9 Å². The van der Waals surface area contributed by atoms with Gasteiger partial charge in [0, 0.05) is 0 Å². The molecule has 1 N–H and O–H groups in total. The number of rotatable bonds is 3. The largest absolute Gasteiger partial charge is 0.464 e. The second-order valence-electron chi connectivity index (χ2n) is 6.50. The van der Waals surface area contributed by atoms with Crippen molar-refractivity contribution in [3.8, 4) is 0 Å². The summed E-state index contributed by atoms with van der Waals surface area (Å²) in [5.74, 6) is 1.60. The molecule has 1 amide bonds. The van der Waals surface area contributed by atoms with Gasteiger partial charge in [-0.2, -0.15) is 9.97 Å². The van der Waals surface area contributed by atoms with Crippen LogP contribution in [0.5, 0.6) is 0 Å². The van der Waals surface area contributed by atoms with E-state index in [1.807, 2.05) is 13.0 Å². The van der Waals surface area contributed by atoms with Crippen LogP contribution < -0.4 is 4.90 Å². The van der Waals surface area contributed by atoms with Gasteiger partial charge in [0.1, 0.15) is 22.6 Å². The summed E-state index contributed by atoms with van der Waals surface area (Å²) in [4.78, 5) is 29.3. The fourth-order valence-corrected chi connectivity index (χ4v) is 2.42. The van der Waals surface area contributed by atoms with Crippen LogP contribution in [0.2, 0.25) is 5.28 Å². The molecule has 0 aromatic carbocycles. The number of amides is 1. The van der Waals surface area contributed by atoms with Gasteiger partial charge < -0.3 is 14.1 Å². The van der Waals surface area contributed by atoms with Gasteiger partial charge in [-0.3, -0.25) is 4.90 Å². The summed E-state index contributed by atoms with van der Waals surface area (Å²) in [6.45, 7) is 7.33. The van der Waals surface area contributed by atoms with Gasteiger partial charge >= 0.3 is 6.09 Å². The average Bonchev–Trinajstić information content (AvgIpc) is 3.10. The third kappa shape index (κ3) is 3.90. The van der Waals surface area contributed by atoms with E-state index in [1.54, 1.807) is 26.8 Å². The van der Waals surface area contributed by atoms with E-state index in [9.17, 15) is 4.79 Å². The number of imidazole rings is 1. The molecular weight excluding hydrogens is 346 g/mol. The summed E-state index contributed by atoms with van der Waals surface area (Å²) in [7, 11) is 0. The highest BCUT2D eigenvalue weighted by molar-refractivity contribution is 6.28. The Labute approximate surface area is 149 Å². The van der Waals surface area contributed by atoms with E-state index in [0.717, 1.165) is 5.76 Å². The topological polar surface area (TPSA) is 97.1 Å². The Morgan fingerprint density at radius 3 is 2.76 bits per heavy atom. The van der Waals surface area contributed by atoms with Gasteiger partial charge in [0.25, 0.3) is 0 Å². The first-order valence-corrected chi connectivity index (χ1v) is 8.03. The molecule has 25 heavy (non-hydrogen) atoms. The van der Waals surface area contributed by atoms with E-state index in [4.69, 9.17) is 20.8 Å². The second kappa shape index (κ2) is 6.36. The molecule has 3 heterocycles. The van der Waals surface area contributed by atoms with E-state index in [-0.39, 0.29) is 17.6 Å². The highest BCUT2D eigenvalue weighted by Crippen LogP contribution is 2.26. The molecular formula is C16H18ClN5O3. The van der Waals surface area contributed by atoms with Crippen LogP contribution in [0.15, 0.2) is 22.9 Å². The van der Waals surface area contributed by atoms with Crippen LogP contribution in [-0.2, 0) is 11.3 Å². The number of carbonyl (C=O) groups is 1. The van der Waals surface area contributed by atoms with Crippen molar-refractivity contribution in [2.24, 2.45) is 0 Å². The summed E-state index contributed by atoms with van der Waals surface area (Å²) in [6.07, 6.45) is 0.885. The Balaban J connectivity index is 2.05. The number of hydrogen-bond acceptors (Lipinski definition) is 6. The fourth-order valence-electron chi connectivity index (χ4n) is 2.26. The molecule has 0 bridgehead atoms. The zero-order valence-electron chi connectivity index (χ0n) is 14.3. The normalized spacial score (nSPS) is 11.7. The summed E-state index contributed by atoms with van der Waals surface area (Å²) < 4.78 is 11.1. The lowest BCUT2D eigenvalue weighted by Gasteiger charge is -2.26. The van der Waals surface area contributed by atoms with Gasteiger partial charge in [0.15, 0.2) is 11.5 Å². The molecule has 0 radical (unpaired) electrons. The number of aromatic nitrogens is 4. The van der Waals surface area contributed by atoms with Crippen LogP contribution in [0.25, 0.3) is 11.2 Å². The lowest BCUT2D eigenvalue weighted by atomic mass is 10.2. The number of ether oxygens (including phenoxy) is 1. The molecule has 9 heteroatoms. The molecule has 0 unspecified atom stereocenters. The van der Waals surface area contributed by atoms with Gasteiger partial charge in [-0.1, -0.05) is 0 Å². The molecule has 0 aliphatic heterocycles. The number of fused-ring (bicyclic) bond motifs is 1. The lowest BCUT2D eigenvalue weighted by molar-refractivity contribution is 0.0574. The molecule has 8 nitrogen and oxygen atoms in total. The Hall–Kier alpha value is -2.61. The third-order valence-corrected chi connectivity index (χ3v) is 3.39. The monoisotopic (exact) mass is 363 g/mol. The molecule has 0 spiro atoms. The Kier molecular flexibility index (Phi) is 4.38. The molecule has 132 valence electrons. The number of anilines is 1. The van der Waals surface area contributed by atoms with Crippen molar-refractivity contribution >= 4 is 34.7 Å². The second-order valence-corrected chi connectivity index (χ2v) is 6.83. The number of carbonyl (C=O) groups excluding carboxylic acids is 1. The number of aromatic amines is 1. The van der Waals surface area contributed by atoms with Crippen LogP contribution in [0.4, 0.5) is 10.6 Å². The minimum absolute atomic E-state index is 0.0150. The highest BCUT2D eigenvalue weighted by atomic mass is 35.5. The Bertz CT molecular complexity index is 912. The smallest absolute Gasteiger partial charge is 0.416 e. The molecule has 0 fully saturated rings. The van der Waals surface area contributed by atoms with E-state index in [1.165, 1.54) is 11.2 Å². The van der Waals surface area contributed by atoms with E-state index in [0.29, 0.717) is 16.9 Å². The minimum atomic E-state index is -0.668. The van der Waals surface area contributed by atoms with E-state index >= 15 is 0 Å². The maximum atomic E-state index is 12.8. The van der Waals surface area contributed by atoms with Crippen molar-refractivity contribution in [2.45, 2.75) is 39.8 Å². The van der Waals surface area contributed by atoms with E-state index < -0.39 is 11.7 Å². The van der Waals surface area contributed by atoms with Crippen molar-refractivity contribution in [3.63, 3.8) is 0 Å². The highest BCUT2D eigenvalue weighted by Gasteiger charge is 2.28. The zero-order chi connectivity index (χ0) is 18.2. The number of furan rings is 1. The first kappa shape index (κ1) is 17.2. The Morgan fingerprint density at radius 1 is 1.36 bits per heavy atom. The van der Waals surface area contributed by atoms with Crippen LogP contribution in [0.1, 0.15) is 32.3 Å². The zero-order valence-corrected chi connectivity index (χ0v) is 15.1. The summed E-state index contributed by atoms with van der Waals surface area (Å²) in [5, 5.41) is -0.0150. The SMILES string of the molecule is Cc1ccc(CN(C(=O)OC(C)(C)C)c2nc(Cl)nc3nc[nH]c23)o1. The standard InChI is InChI=1S/C16H18ClN5O3/c1-9-5-6-10(24-9)7-22(15(23)25-16(2,3)4)13-11-12(19-8-18-11)20-14(17)21-13/h5-6,8H,7H2,1-4H3,(H,18,19,20,21). The number of H-pyrrole nitrogens is 1. The van der Waals surface area contributed by atoms with Gasteiger partial charge in [0.2, 0.25) is 5.28 Å². The molecule has 0 saturated carbocycles. The number of nitrogens with zero attached hydrogens (tertiary/aromatic N) is 4.